The molecule has 10 nitrogen and oxygen atoms in total. The second kappa shape index (κ2) is 12.6. The number of hydrogen-bond donors (Lipinski definition) is 1. The summed E-state index contributed by atoms with van der Waals surface area (Å²) in [6, 6.07) is 5.31. The molecule has 0 radical (unpaired) electrons. The molecule has 0 unspecified atom stereocenters. The SMILES string of the molecule is COCCCCc1c(C(=O)N(CC(C)C)[C@H]2C[C@@H](C(=O)N3CCCC3)CN(C(=O)O)C2)nc2ccccn12. The molecule has 2 aromatic heterocycles. The van der Waals surface area contributed by atoms with Crippen molar-refractivity contribution in [1.82, 2.24) is 24.1 Å². The molecular formula is C28H41N5O5. The van der Waals surface area contributed by atoms with Crippen molar-refractivity contribution < 1.29 is 24.2 Å². The molecule has 208 valence electrons. The largest absolute Gasteiger partial charge is 0.465 e. The van der Waals surface area contributed by atoms with E-state index in [2.05, 4.69) is 0 Å². The minimum Gasteiger partial charge on any atom is -0.465 e. The lowest BCUT2D eigenvalue weighted by Crippen LogP contribution is -2.57. The number of aromatic nitrogens is 2. The van der Waals surface area contributed by atoms with Gasteiger partial charge in [0.2, 0.25) is 5.91 Å². The number of rotatable bonds is 10. The van der Waals surface area contributed by atoms with Gasteiger partial charge in [-0.2, -0.15) is 0 Å². The van der Waals surface area contributed by atoms with E-state index in [-0.39, 0.29) is 30.8 Å². The Balaban J connectivity index is 1.65. The number of carbonyl (C=O) groups is 3. The van der Waals surface area contributed by atoms with E-state index in [4.69, 9.17) is 9.72 Å². The van der Waals surface area contributed by atoms with Gasteiger partial charge in [-0.15, -0.1) is 0 Å². The summed E-state index contributed by atoms with van der Waals surface area (Å²) in [5.74, 6) is -0.496. The van der Waals surface area contributed by atoms with Crippen LogP contribution in [0.2, 0.25) is 0 Å². The molecule has 2 saturated heterocycles. The molecule has 2 atom stereocenters. The smallest absolute Gasteiger partial charge is 0.407 e. The van der Waals surface area contributed by atoms with Gasteiger partial charge in [-0.1, -0.05) is 19.9 Å². The summed E-state index contributed by atoms with van der Waals surface area (Å²) >= 11 is 0. The highest BCUT2D eigenvalue weighted by molar-refractivity contribution is 5.95. The van der Waals surface area contributed by atoms with E-state index < -0.39 is 18.1 Å². The first-order valence-corrected chi connectivity index (χ1v) is 13.8. The minimum atomic E-state index is -1.06. The molecule has 0 saturated carbocycles. The maximum Gasteiger partial charge on any atom is 0.407 e. The Hall–Kier alpha value is -3.14. The fraction of sp³-hybridized carbons (Fsp3) is 0.643. The Kier molecular flexibility index (Phi) is 9.25. The molecule has 3 amide bonds. The van der Waals surface area contributed by atoms with Crippen LogP contribution in [0.25, 0.3) is 5.65 Å². The second-order valence-corrected chi connectivity index (χ2v) is 10.9. The molecule has 38 heavy (non-hydrogen) atoms. The molecule has 0 aromatic carbocycles. The zero-order valence-corrected chi connectivity index (χ0v) is 22.8. The first-order valence-electron chi connectivity index (χ1n) is 13.8. The Morgan fingerprint density at radius 3 is 2.58 bits per heavy atom. The Morgan fingerprint density at radius 1 is 1.13 bits per heavy atom. The highest BCUT2D eigenvalue weighted by Gasteiger charge is 2.41. The molecule has 0 bridgehead atoms. The van der Waals surface area contributed by atoms with Gasteiger partial charge in [0, 0.05) is 52.6 Å². The molecule has 1 N–H and O–H groups in total. The molecular weight excluding hydrogens is 486 g/mol. The van der Waals surface area contributed by atoms with Crippen LogP contribution in [0.1, 0.15) is 62.1 Å². The normalized spacial score (nSPS) is 19.9. The third-order valence-corrected chi connectivity index (χ3v) is 7.57. The molecule has 4 heterocycles. The number of methoxy groups -OCH3 is 1. The zero-order chi connectivity index (χ0) is 27.2. The molecule has 0 aliphatic carbocycles. The Morgan fingerprint density at radius 2 is 1.89 bits per heavy atom. The Bertz CT molecular complexity index is 1130. The topological polar surface area (TPSA) is 108 Å². The predicted octanol–water partition coefficient (Wildman–Crippen LogP) is 3.39. The maximum atomic E-state index is 14.2. The van der Waals surface area contributed by atoms with Crippen LogP contribution in [0.5, 0.6) is 0 Å². The van der Waals surface area contributed by atoms with Crippen LogP contribution in [0, 0.1) is 11.8 Å². The van der Waals surface area contributed by atoms with Crippen LogP contribution >= 0.6 is 0 Å². The van der Waals surface area contributed by atoms with Crippen molar-refractivity contribution in [3.8, 4) is 0 Å². The first-order chi connectivity index (χ1) is 18.3. The van der Waals surface area contributed by atoms with E-state index in [0.717, 1.165) is 44.5 Å². The molecule has 2 aliphatic heterocycles. The monoisotopic (exact) mass is 527 g/mol. The van der Waals surface area contributed by atoms with E-state index >= 15 is 0 Å². The van der Waals surface area contributed by atoms with Crippen LogP contribution in [0.3, 0.4) is 0 Å². The standard InChI is InChI=1S/C28H41N5O5/c1-20(2)17-33(22-16-21(18-31(19-22)28(36)37)26(34)30-12-7-8-13-30)27(35)25-23(10-5-9-15-38-3)32-14-6-4-11-24(32)29-25/h4,6,11,14,20-22H,5,7-10,12-13,15-19H2,1-3H3,(H,36,37)/t21-,22+/m1/s1. The van der Waals surface area contributed by atoms with Crippen molar-refractivity contribution >= 4 is 23.6 Å². The van der Waals surface area contributed by atoms with Crippen molar-refractivity contribution in [2.24, 2.45) is 11.8 Å². The maximum absolute atomic E-state index is 14.2. The summed E-state index contributed by atoms with van der Waals surface area (Å²) in [5, 5.41) is 9.89. The van der Waals surface area contributed by atoms with Gasteiger partial charge in [0.25, 0.3) is 5.91 Å². The fourth-order valence-electron chi connectivity index (χ4n) is 5.75. The molecule has 2 fully saturated rings. The minimum absolute atomic E-state index is 0.00181. The first kappa shape index (κ1) is 27.9. The summed E-state index contributed by atoms with van der Waals surface area (Å²) in [6.07, 6.45) is 5.67. The highest BCUT2D eigenvalue weighted by atomic mass is 16.5. The quantitative estimate of drug-likeness (QED) is 0.475. The van der Waals surface area contributed by atoms with Crippen LogP contribution in [-0.2, 0) is 16.0 Å². The number of pyridine rings is 1. The summed E-state index contributed by atoms with van der Waals surface area (Å²) in [6.45, 7) is 6.99. The van der Waals surface area contributed by atoms with Gasteiger partial charge < -0.3 is 28.9 Å². The summed E-state index contributed by atoms with van der Waals surface area (Å²) in [7, 11) is 1.68. The van der Waals surface area contributed by atoms with Gasteiger partial charge in [0.05, 0.1) is 17.7 Å². The van der Waals surface area contributed by atoms with E-state index in [1.165, 1.54) is 4.90 Å². The highest BCUT2D eigenvalue weighted by Crippen LogP contribution is 2.28. The number of unbranched alkanes of at least 4 members (excludes halogenated alkanes) is 1. The van der Waals surface area contributed by atoms with Gasteiger partial charge in [0.15, 0.2) is 5.69 Å². The summed E-state index contributed by atoms with van der Waals surface area (Å²) in [4.78, 5) is 49.3. The summed E-state index contributed by atoms with van der Waals surface area (Å²) < 4.78 is 7.17. The predicted molar refractivity (Wildman–Crippen MR) is 143 cm³/mol. The molecule has 2 aliphatic rings. The van der Waals surface area contributed by atoms with E-state index in [1.54, 1.807) is 12.0 Å². The van der Waals surface area contributed by atoms with Crippen molar-refractivity contribution in [3.63, 3.8) is 0 Å². The number of aryl methyl sites for hydroxylation is 1. The molecule has 0 spiro atoms. The van der Waals surface area contributed by atoms with Crippen LogP contribution in [0.4, 0.5) is 4.79 Å². The lowest BCUT2D eigenvalue weighted by atomic mass is 9.91. The van der Waals surface area contributed by atoms with E-state index in [1.807, 2.05) is 47.5 Å². The average molecular weight is 528 g/mol. The van der Waals surface area contributed by atoms with Gasteiger partial charge in [-0.3, -0.25) is 9.59 Å². The van der Waals surface area contributed by atoms with E-state index in [0.29, 0.717) is 37.3 Å². The number of carboxylic acid groups (broad SMARTS) is 1. The van der Waals surface area contributed by atoms with E-state index in [9.17, 15) is 19.5 Å². The van der Waals surface area contributed by atoms with Crippen molar-refractivity contribution in [2.75, 3.05) is 46.4 Å². The van der Waals surface area contributed by atoms with Crippen LogP contribution in [-0.4, -0.2) is 99.6 Å². The second-order valence-electron chi connectivity index (χ2n) is 10.9. The third kappa shape index (κ3) is 6.28. The average Bonchev–Trinajstić information content (AvgIpc) is 3.57. The molecule has 10 heteroatoms. The number of fused-ring (bicyclic) bond motifs is 1. The zero-order valence-electron chi connectivity index (χ0n) is 22.8. The number of amides is 3. The van der Waals surface area contributed by atoms with Crippen LogP contribution < -0.4 is 0 Å². The van der Waals surface area contributed by atoms with Crippen molar-refractivity contribution in [3.05, 3.63) is 35.8 Å². The van der Waals surface area contributed by atoms with Gasteiger partial charge >= 0.3 is 6.09 Å². The fourth-order valence-corrected chi connectivity index (χ4v) is 5.75. The molecule has 4 rings (SSSR count). The van der Waals surface area contributed by atoms with Gasteiger partial charge in [-0.05, 0) is 56.6 Å². The third-order valence-electron chi connectivity index (χ3n) is 7.57. The lowest BCUT2D eigenvalue weighted by Gasteiger charge is -2.42. The van der Waals surface area contributed by atoms with Crippen molar-refractivity contribution in [1.29, 1.82) is 0 Å². The number of carbonyl (C=O) groups excluding carboxylic acids is 2. The molecule has 2 aromatic rings. The number of hydrogen-bond acceptors (Lipinski definition) is 5. The van der Waals surface area contributed by atoms with Crippen LogP contribution in [0.15, 0.2) is 24.4 Å². The van der Waals surface area contributed by atoms with Crippen molar-refractivity contribution in [2.45, 2.75) is 58.4 Å². The van der Waals surface area contributed by atoms with Gasteiger partial charge in [0.1, 0.15) is 5.65 Å². The number of nitrogens with zero attached hydrogens (tertiary/aromatic N) is 5. The number of ether oxygens (including phenoxy) is 1. The number of likely N-dealkylation sites (tertiary alicyclic amines) is 2. The van der Waals surface area contributed by atoms with Gasteiger partial charge in [-0.25, -0.2) is 9.78 Å². The Labute approximate surface area is 224 Å². The number of piperidine rings is 1. The summed E-state index contributed by atoms with van der Waals surface area (Å²) in [5.41, 5.74) is 1.97. The number of imidazole rings is 1. The lowest BCUT2D eigenvalue weighted by molar-refractivity contribution is -0.136.